The Bertz CT molecular complexity index is 102. The summed E-state index contributed by atoms with van der Waals surface area (Å²) in [5.74, 6) is 0. The third kappa shape index (κ3) is 196. The van der Waals surface area contributed by atoms with E-state index in [4.69, 9.17) is 17.5 Å². The summed E-state index contributed by atoms with van der Waals surface area (Å²) in [5, 5.41) is 0. The fourth-order valence-electron chi connectivity index (χ4n) is 0. The second-order valence-corrected chi connectivity index (χ2v) is 1.34. The first-order valence-corrected chi connectivity index (χ1v) is 2.10. The van der Waals surface area contributed by atoms with Crippen LogP contribution in [0, 0.1) is 0 Å². The maximum absolute atomic E-state index is 8.74. The van der Waals surface area contributed by atoms with Crippen molar-refractivity contribution < 1.29 is 81.3 Å². The first kappa shape index (κ1) is 31.0. The van der Waals surface area contributed by atoms with Gasteiger partial charge < -0.3 is 24.7 Å². The van der Waals surface area contributed by atoms with Gasteiger partial charge in [0, 0.05) is 0 Å². The Hall–Kier alpha value is 1.72. The second kappa shape index (κ2) is 12.4. The minimum absolute atomic E-state index is 0. The molecule has 6 nitrogen and oxygen atoms in total. The minimum Gasteiger partial charge on any atom is -1.00 e. The van der Waals surface area contributed by atoms with Gasteiger partial charge in [0.1, 0.15) is 0 Å². The molecule has 0 aromatic rings. The summed E-state index contributed by atoms with van der Waals surface area (Å²) < 4.78 is 31.6. The van der Waals surface area contributed by atoms with Gasteiger partial charge >= 0.3 is 61.8 Å². The molecule has 8 N–H and O–H groups in total. The van der Waals surface area contributed by atoms with E-state index < -0.39 is 10.4 Å². The summed E-state index contributed by atoms with van der Waals surface area (Å²) in [4.78, 5) is 0. The van der Waals surface area contributed by atoms with Crippen molar-refractivity contribution in [3.8, 4) is 0 Å². The molecule has 0 rings (SSSR count). The zero-order valence-corrected chi connectivity index (χ0v) is 9.61. The normalized spacial score (nSPS) is 6.44. The molecule has 0 amide bonds. The molecule has 0 saturated carbocycles. The van der Waals surface area contributed by atoms with Crippen molar-refractivity contribution in [2.45, 2.75) is 0 Å². The van der Waals surface area contributed by atoms with E-state index in [-0.39, 0.29) is 76.1 Å². The molecule has 56 valence electrons. The molecular weight excluding hydrogens is 199 g/mol. The summed E-state index contributed by atoms with van der Waals surface area (Å²) in [6, 6.07) is 0. The van der Waals surface area contributed by atoms with Crippen molar-refractivity contribution in [1.29, 1.82) is 0 Å². The third-order valence-corrected chi connectivity index (χ3v) is 0. The van der Waals surface area contributed by atoms with E-state index in [1.165, 1.54) is 0 Å². The fraction of sp³-hybridized carbons (Fsp3) is 0. The molecule has 9 heavy (non-hydrogen) atoms. The third-order valence-electron chi connectivity index (χ3n) is 0. The Labute approximate surface area is 102 Å². The second-order valence-electron chi connectivity index (χ2n) is 0.448. The molecule has 0 aromatic heterocycles. The number of hydrogen-bond acceptors (Lipinski definition) is 4. The molecule has 0 unspecified atom stereocenters. The zero-order valence-electron chi connectivity index (χ0n) is 4.91. The van der Waals surface area contributed by atoms with Gasteiger partial charge in [-0.15, -0.1) is 0 Å². The molecule has 0 heterocycles. The quantitative estimate of drug-likeness (QED) is 0.229. The van der Waals surface area contributed by atoms with Crippen molar-refractivity contribution in [3.63, 3.8) is 0 Å². The Morgan fingerprint density at radius 3 is 1.00 bits per heavy atom. The molecule has 0 aliphatic carbocycles. The largest absolute Gasteiger partial charge is 1.00 e. The summed E-state index contributed by atoms with van der Waals surface area (Å²) in [6.45, 7) is 0. The Morgan fingerprint density at radius 2 is 1.00 bits per heavy atom. The monoisotopic (exact) mass is 206 g/mol. The first-order chi connectivity index (χ1) is 2.00. The maximum atomic E-state index is 8.74. The van der Waals surface area contributed by atoms with Gasteiger partial charge in [0.25, 0.3) is 0 Å². The van der Waals surface area contributed by atoms with E-state index in [1.54, 1.807) is 0 Å². The average Bonchev–Trinajstić information content (AvgIpc) is 0.722. The predicted octanol–water partition coefficient (Wildman–Crippen LogP) is -6.32. The van der Waals surface area contributed by atoms with Gasteiger partial charge in [-0.2, -0.15) is 8.42 Å². The van der Waals surface area contributed by atoms with E-state index in [0.29, 0.717) is 0 Å². The van der Waals surface area contributed by atoms with Crippen LogP contribution in [0.3, 0.4) is 0 Å². The average molecular weight is 207 g/mol. The van der Waals surface area contributed by atoms with Crippen LogP contribution in [0.4, 0.5) is 0 Å². The van der Waals surface area contributed by atoms with E-state index in [0.717, 1.165) is 0 Å². The van der Waals surface area contributed by atoms with Crippen molar-refractivity contribution in [1.82, 2.24) is 12.3 Å². The summed E-state index contributed by atoms with van der Waals surface area (Å²) in [5.41, 5.74) is 0. The maximum Gasteiger partial charge on any atom is 1.00 e. The van der Waals surface area contributed by atoms with Gasteiger partial charge in [-0.1, -0.05) is 0 Å². The van der Waals surface area contributed by atoms with Crippen LogP contribution in [0.25, 0.3) is 0 Å². The number of halogens is 1. The molecule has 0 radical (unpaired) electrons. The van der Waals surface area contributed by atoms with Gasteiger partial charge in [0.15, 0.2) is 0 Å². The van der Waals surface area contributed by atoms with E-state index >= 15 is 0 Å². The van der Waals surface area contributed by atoms with Gasteiger partial charge in [-0.25, -0.2) is 0 Å². The van der Waals surface area contributed by atoms with Crippen molar-refractivity contribution >= 4 is 10.4 Å². The van der Waals surface area contributed by atoms with Crippen LogP contribution in [-0.2, 0) is 10.4 Å². The Kier molecular flexibility index (Phi) is 42.7. The van der Waals surface area contributed by atoms with Crippen molar-refractivity contribution in [2.24, 2.45) is 0 Å². The van der Waals surface area contributed by atoms with Gasteiger partial charge in [-0.3, -0.25) is 9.11 Å². The predicted molar refractivity (Wildman–Crippen MR) is 24.2 cm³/mol. The summed E-state index contributed by atoms with van der Waals surface area (Å²) in [6.07, 6.45) is 0. The van der Waals surface area contributed by atoms with Gasteiger partial charge in [-0.05, 0) is 0 Å². The minimum atomic E-state index is -4.67. The zero-order chi connectivity index (χ0) is 4.50. The Balaban J connectivity index is -0.0000000133. The molecular formula is H8ClKN2O4S. The van der Waals surface area contributed by atoms with Gasteiger partial charge in [0.05, 0.1) is 0 Å². The van der Waals surface area contributed by atoms with Crippen LogP contribution in [0.15, 0.2) is 0 Å². The number of hydrogen-bond donors (Lipinski definition) is 4. The van der Waals surface area contributed by atoms with E-state index in [9.17, 15) is 0 Å². The van der Waals surface area contributed by atoms with E-state index in [1.807, 2.05) is 0 Å². The topological polar surface area (TPSA) is 145 Å². The fourth-order valence-corrected chi connectivity index (χ4v) is 0. The van der Waals surface area contributed by atoms with Crippen LogP contribution in [0.2, 0.25) is 0 Å². The smallest absolute Gasteiger partial charge is 1.00 e. The molecule has 0 bridgehead atoms. The van der Waals surface area contributed by atoms with Crippen LogP contribution in [0.5, 0.6) is 0 Å². The van der Waals surface area contributed by atoms with Gasteiger partial charge in [0.2, 0.25) is 0 Å². The molecule has 0 saturated heterocycles. The van der Waals surface area contributed by atoms with Crippen LogP contribution in [-0.4, -0.2) is 17.5 Å². The first-order valence-electron chi connectivity index (χ1n) is 0.698. The summed E-state index contributed by atoms with van der Waals surface area (Å²) in [7, 11) is -4.67. The van der Waals surface area contributed by atoms with Crippen LogP contribution in [0.1, 0.15) is 0 Å². The van der Waals surface area contributed by atoms with Crippen molar-refractivity contribution in [2.75, 3.05) is 0 Å². The SMILES string of the molecule is N.N.O=S(=O)(O)O.[Cl-].[K+]. The molecule has 0 aliphatic heterocycles. The standard InChI is InChI=1S/ClH.K.2H3N.H2O4S/c;;;;1-5(2,3)4/h1H;;2*1H3;(H2,1,2,3,4)/q;+1;;;/p-1. The summed E-state index contributed by atoms with van der Waals surface area (Å²) >= 11 is 0. The molecule has 0 fully saturated rings. The molecule has 0 atom stereocenters. The molecule has 0 aromatic carbocycles. The molecule has 0 spiro atoms. The van der Waals surface area contributed by atoms with Crippen LogP contribution < -0.4 is 76.1 Å². The van der Waals surface area contributed by atoms with E-state index in [2.05, 4.69) is 0 Å². The molecule has 0 aliphatic rings. The number of rotatable bonds is 0. The molecule has 9 heteroatoms. The van der Waals surface area contributed by atoms with Crippen molar-refractivity contribution in [3.05, 3.63) is 0 Å². The Morgan fingerprint density at radius 1 is 1.00 bits per heavy atom. The van der Waals surface area contributed by atoms with Crippen LogP contribution >= 0.6 is 0 Å².